The number of carboxylic acids is 1. The first-order valence-electron chi connectivity index (χ1n) is 7.63. The monoisotopic (exact) mass is 366 g/mol. The van der Waals surface area contributed by atoms with E-state index in [2.05, 4.69) is 10.3 Å². The van der Waals surface area contributed by atoms with Gasteiger partial charge in [0.05, 0.1) is 12.1 Å². The topological polar surface area (TPSA) is 79.3 Å². The summed E-state index contributed by atoms with van der Waals surface area (Å²) >= 11 is 7.40. The van der Waals surface area contributed by atoms with Crippen molar-refractivity contribution in [1.29, 1.82) is 0 Å². The molecular weight excluding hydrogens is 348 g/mol. The molecule has 0 fully saturated rings. The van der Waals surface area contributed by atoms with E-state index in [1.165, 1.54) is 11.3 Å². The number of nitrogens with one attached hydrogen (secondary N) is 1. The van der Waals surface area contributed by atoms with Crippen molar-refractivity contribution in [2.75, 3.05) is 0 Å². The number of hydrogen-bond acceptors (Lipinski definition) is 4. The molecule has 0 saturated heterocycles. The third-order valence-electron chi connectivity index (χ3n) is 3.76. The number of carboxylic acid groups (broad SMARTS) is 1. The number of thiazole rings is 1. The van der Waals surface area contributed by atoms with Crippen LogP contribution in [-0.2, 0) is 16.0 Å². The quantitative estimate of drug-likeness (QED) is 0.784. The van der Waals surface area contributed by atoms with E-state index in [-0.39, 0.29) is 18.2 Å². The summed E-state index contributed by atoms with van der Waals surface area (Å²) in [5, 5.41) is 15.0. The number of aliphatic carboxylic acids is 1. The highest BCUT2D eigenvalue weighted by Gasteiger charge is 2.25. The highest BCUT2D eigenvalue weighted by Crippen LogP contribution is 2.26. The molecule has 0 spiro atoms. The highest BCUT2D eigenvalue weighted by atomic mass is 35.5. The molecule has 1 heterocycles. The molecule has 24 heavy (non-hydrogen) atoms. The van der Waals surface area contributed by atoms with Gasteiger partial charge in [0, 0.05) is 16.0 Å². The Bertz CT molecular complexity index is 732. The van der Waals surface area contributed by atoms with Gasteiger partial charge in [-0.1, -0.05) is 44.0 Å². The van der Waals surface area contributed by atoms with Crippen molar-refractivity contribution in [3.8, 4) is 10.6 Å². The van der Waals surface area contributed by atoms with E-state index in [0.29, 0.717) is 17.1 Å². The van der Waals surface area contributed by atoms with Crippen LogP contribution in [0.3, 0.4) is 0 Å². The molecule has 0 radical (unpaired) electrons. The minimum atomic E-state index is -1.02. The molecular formula is C17H19ClN2O3S. The van der Waals surface area contributed by atoms with Gasteiger partial charge in [-0.3, -0.25) is 4.79 Å². The van der Waals surface area contributed by atoms with E-state index in [0.717, 1.165) is 10.6 Å². The Hall–Kier alpha value is -1.92. The van der Waals surface area contributed by atoms with Crippen molar-refractivity contribution in [3.05, 3.63) is 40.4 Å². The SMILES string of the molecule is CC[C@H](C)[C@@H](NC(=O)Cc1csc(-c2cccc(Cl)c2)n1)C(=O)O. The largest absolute Gasteiger partial charge is 0.480 e. The van der Waals surface area contributed by atoms with Gasteiger partial charge in [-0.05, 0) is 18.1 Å². The fraction of sp³-hybridized carbons (Fsp3) is 0.353. The molecule has 0 bridgehead atoms. The lowest BCUT2D eigenvalue weighted by molar-refractivity contribution is -0.143. The fourth-order valence-electron chi connectivity index (χ4n) is 2.21. The number of carbonyl (C=O) groups excluding carboxylic acids is 1. The second-order valence-corrected chi connectivity index (χ2v) is 6.89. The average molecular weight is 367 g/mol. The zero-order chi connectivity index (χ0) is 17.7. The molecule has 5 nitrogen and oxygen atoms in total. The van der Waals surface area contributed by atoms with Crippen LogP contribution in [0.2, 0.25) is 5.02 Å². The van der Waals surface area contributed by atoms with Gasteiger partial charge < -0.3 is 10.4 Å². The molecule has 128 valence electrons. The van der Waals surface area contributed by atoms with Crippen LogP contribution in [0.5, 0.6) is 0 Å². The van der Waals surface area contributed by atoms with Crippen molar-refractivity contribution >= 4 is 34.8 Å². The smallest absolute Gasteiger partial charge is 0.326 e. The molecule has 1 amide bonds. The van der Waals surface area contributed by atoms with Gasteiger partial charge in [-0.25, -0.2) is 9.78 Å². The van der Waals surface area contributed by atoms with Gasteiger partial charge in [0.2, 0.25) is 5.91 Å². The van der Waals surface area contributed by atoms with Gasteiger partial charge in [-0.15, -0.1) is 11.3 Å². The van der Waals surface area contributed by atoms with E-state index >= 15 is 0 Å². The predicted molar refractivity (Wildman–Crippen MR) is 95.3 cm³/mol. The molecule has 1 aromatic carbocycles. The van der Waals surface area contributed by atoms with Gasteiger partial charge in [0.15, 0.2) is 0 Å². The van der Waals surface area contributed by atoms with Gasteiger partial charge in [-0.2, -0.15) is 0 Å². The van der Waals surface area contributed by atoms with Crippen LogP contribution in [0.15, 0.2) is 29.6 Å². The Morgan fingerprint density at radius 3 is 2.79 bits per heavy atom. The molecule has 7 heteroatoms. The number of hydrogen-bond donors (Lipinski definition) is 2. The molecule has 1 aromatic heterocycles. The van der Waals surface area contributed by atoms with E-state index < -0.39 is 12.0 Å². The lowest BCUT2D eigenvalue weighted by atomic mass is 9.99. The Balaban J connectivity index is 2.03. The number of nitrogens with zero attached hydrogens (tertiary/aromatic N) is 1. The van der Waals surface area contributed by atoms with Crippen molar-refractivity contribution in [3.63, 3.8) is 0 Å². The summed E-state index contributed by atoms with van der Waals surface area (Å²) in [5.41, 5.74) is 1.50. The van der Waals surface area contributed by atoms with Gasteiger partial charge in [0.1, 0.15) is 11.0 Å². The minimum Gasteiger partial charge on any atom is -0.480 e. The lowest BCUT2D eigenvalue weighted by Crippen LogP contribution is -2.45. The van der Waals surface area contributed by atoms with Crippen LogP contribution in [0, 0.1) is 5.92 Å². The molecule has 0 saturated carbocycles. The fourth-order valence-corrected chi connectivity index (χ4v) is 3.22. The molecule has 0 aliphatic carbocycles. The predicted octanol–water partition coefficient (Wildman–Crippen LogP) is 3.62. The Kier molecular flexibility index (Phi) is 6.34. The number of carbonyl (C=O) groups is 2. The summed E-state index contributed by atoms with van der Waals surface area (Å²) in [6.07, 6.45) is 0.726. The van der Waals surface area contributed by atoms with Crippen LogP contribution in [-0.4, -0.2) is 28.0 Å². The first-order valence-corrected chi connectivity index (χ1v) is 8.89. The first kappa shape index (κ1) is 18.4. The van der Waals surface area contributed by atoms with Crippen LogP contribution < -0.4 is 5.32 Å². The average Bonchev–Trinajstić information content (AvgIpc) is 3.00. The number of aromatic nitrogens is 1. The van der Waals surface area contributed by atoms with Crippen molar-refractivity contribution < 1.29 is 14.7 Å². The van der Waals surface area contributed by atoms with E-state index in [9.17, 15) is 14.7 Å². The summed E-state index contributed by atoms with van der Waals surface area (Å²) in [4.78, 5) is 27.8. The van der Waals surface area contributed by atoms with Crippen LogP contribution >= 0.6 is 22.9 Å². The summed E-state index contributed by atoms with van der Waals surface area (Å²) in [6.45, 7) is 3.70. The third-order valence-corrected chi connectivity index (χ3v) is 4.94. The number of amides is 1. The Morgan fingerprint density at radius 1 is 1.42 bits per heavy atom. The number of halogens is 1. The maximum Gasteiger partial charge on any atom is 0.326 e. The molecule has 2 atom stereocenters. The summed E-state index contributed by atoms with van der Waals surface area (Å²) in [7, 11) is 0. The molecule has 2 rings (SSSR count). The zero-order valence-electron chi connectivity index (χ0n) is 13.5. The van der Waals surface area contributed by atoms with Gasteiger partial charge >= 0.3 is 5.97 Å². The molecule has 0 aliphatic rings. The molecule has 2 N–H and O–H groups in total. The van der Waals surface area contributed by atoms with E-state index in [1.54, 1.807) is 18.4 Å². The van der Waals surface area contributed by atoms with Crippen LogP contribution in [0.25, 0.3) is 10.6 Å². The number of rotatable bonds is 7. The molecule has 0 unspecified atom stereocenters. The standard InChI is InChI=1S/C17H19ClN2O3S/c1-3-10(2)15(17(22)23)20-14(21)8-13-9-24-16(19-13)11-5-4-6-12(18)7-11/h4-7,9-10,15H,3,8H2,1-2H3,(H,20,21)(H,22,23)/t10-,15+/m0/s1. The maximum absolute atomic E-state index is 12.1. The lowest BCUT2D eigenvalue weighted by Gasteiger charge is -2.19. The third kappa shape index (κ3) is 4.79. The van der Waals surface area contributed by atoms with Crippen LogP contribution in [0.4, 0.5) is 0 Å². The van der Waals surface area contributed by atoms with Crippen LogP contribution in [0.1, 0.15) is 26.0 Å². The second kappa shape index (κ2) is 8.26. The number of benzene rings is 1. The Morgan fingerprint density at radius 2 is 2.17 bits per heavy atom. The summed E-state index contributed by atoms with van der Waals surface area (Å²) in [5.74, 6) is -1.50. The second-order valence-electron chi connectivity index (χ2n) is 5.60. The Labute approximate surface area is 149 Å². The maximum atomic E-state index is 12.1. The van der Waals surface area contributed by atoms with Crippen molar-refractivity contribution in [2.24, 2.45) is 5.92 Å². The van der Waals surface area contributed by atoms with E-state index in [4.69, 9.17) is 11.6 Å². The molecule has 2 aromatic rings. The van der Waals surface area contributed by atoms with Gasteiger partial charge in [0.25, 0.3) is 0 Å². The zero-order valence-corrected chi connectivity index (χ0v) is 15.0. The normalized spacial score (nSPS) is 13.3. The highest BCUT2D eigenvalue weighted by molar-refractivity contribution is 7.13. The first-order chi connectivity index (χ1) is 11.4. The molecule has 0 aliphatic heterocycles. The van der Waals surface area contributed by atoms with E-state index in [1.807, 2.05) is 25.1 Å². The minimum absolute atomic E-state index is 0.0529. The van der Waals surface area contributed by atoms with Crippen molar-refractivity contribution in [1.82, 2.24) is 10.3 Å². The summed E-state index contributed by atoms with van der Waals surface area (Å²) in [6, 6.07) is 6.46. The van der Waals surface area contributed by atoms with Crippen molar-refractivity contribution in [2.45, 2.75) is 32.7 Å². The summed E-state index contributed by atoms with van der Waals surface area (Å²) < 4.78 is 0.